The molecule has 1 aliphatic heterocycles. The van der Waals surface area contributed by atoms with Crippen LogP contribution >= 0.6 is 0 Å². The molecule has 4 N–H and O–H groups in total. The second-order valence-corrected chi connectivity index (χ2v) is 11.2. The molecular formula is C28H32F3N11O. The van der Waals surface area contributed by atoms with E-state index in [0.717, 1.165) is 61.1 Å². The number of piperidine rings is 1. The van der Waals surface area contributed by atoms with Crippen molar-refractivity contribution in [2.45, 2.75) is 62.4 Å². The molecule has 0 spiro atoms. The maximum absolute atomic E-state index is 13.4. The predicted octanol–water partition coefficient (Wildman–Crippen LogP) is 3.06. The van der Waals surface area contributed by atoms with E-state index in [1.54, 1.807) is 6.20 Å². The van der Waals surface area contributed by atoms with Gasteiger partial charge in [-0.1, -0.05) is 0 Å². The summed E-state index contributed by atoms with van der Waals surface area (Å²) in [5.41, 5.74) is 2.21. The van der Waals surface area contributed by atoms with Crippen LogP contribution in [-0.2, 0) is 18.3 Å². The molecule has 0 radical (unpaired) electrons. The highest BCUT2D eigenvalue weighted by molar-refractivity contribution is 5.90. The van der Waals surface area contributed by atoms with Gasteiger partial charge in [-0.05, 0) is 31.7 Å². The van der Waals surface area contributed by atoms with Crippen LogP contribution in [0.25, 0.3) is 22.3 Å². The summed E-state index contributed by atoms with van der Waals surface area (Å²) < 4.78 is 42.2. The molecule has 2 fully saturated rings. The summed E-state index contributed by atoms with van der Waals surface area (Å²) in [4.78, 5) is 21.6. The van der Waals surface area contributed by atoms with Crippen molar-refractivity contribution in [1.29, 1.82) is 5.26 Å². The number of H-pyrrole nitrogens is 1. The van der Waals surface area contributed by atoms with Gasteiger partial charge in [0.2, 0.25) is 5.82 Å². The fraction of sp³-hybridized carbons (Fsp3) is 0.500. The van der Waals surface area contributed by atoms with Gasteiger partial charge in [0.15, 0.2) is 0 Å². The van der Waals surface area contributed by atoms with E-state index in [2.05, 4.69) is 51.6 Å². The molecule has 0 bridgehead atoms. The van der Waals surface area contributed by atoms with Crippen LogP contribution in [-0.4, -0.2) is 83.0 Å². The third kappa shape index (κ3) is 6.03. The molecule has 1 saturated carbocycles. The minimum Gasteiger partial charge on any atom is -0.395 e. The van der Waals surface area contributed by atoms with E-state index in [-0.39, 0.29) is 43.3 Å². The van der Waals surface area contributed by atoms with Crippen LogP contribution in [0.2, 0.25) is 0 Å². The average Bonchev–Trinajstić information content (AvgIpc) is 3.65. The number of aromatic amines is 1. The highest BCUT2D eigenvalue weighted by atomic mass is 19.4. The third-order valence-electron chi connectivity index (χ3n) is 8.36. The van der Waals surface area contributed by atoms with Crippen LogP contribution in [0.5, 0.6) is 0 Å². The minimum absolute atomic E-state index is 0.0266. The van der Waals surface area contributed by atoms with Crippen LogP contribution < -0.4 is 10.6 Å². The van der Waals surface area contributed by atoms with Crippen molar-refractivity contribution >= 4 is 16.9 Å². The number of anilines is 1. The summed E-state index contributed by atoms with van der Waals surface area (Å²) in [6.07, 6.45) is 5.83. The first-order valence-electron chi connectivity index (χ1n) is 14.3. The van der Waals surface area contributed by atoms with Crippen molar-refractivity contribution in [2.24, 2.45) is 0 Å². The van der Waals surface area contributed by atoms with Crippen molar-refractivity contribution in [3.05, 3.63) is 48.6 Å². The zero-order valence-electron chi connectivity index (χ0n) is 23.3. The number of fused-ring (bicyclic) bond motifs is 1. The quantitative estimate of drug-likeness (QED) is 0.201. The smallest absolute Gasteiger partial charge is 0.395 e. The lowest BCUT2D eigenvalue weighted by Gasteiger charge is -2.52. The Balaban J connectivity index is 1.08. The molecule has 1 aliphatic carbocycles. The molecule has 1 saturated heterocycles. The first-order chi connectivity index (χ1) is 20.8. The summed E-state index contributed by atoms with van der Waals surface area (Å²) in [6.45, 7) is 1.79. The van der Waals surface area contributed by atoms with Crippen molar-refractivity contribution in [2.75, 3.05) is 31.6 Å². The summed E-state index contributed by atoms with van der Waals surface area (Å²) in [5.74, 6) is -1.04. The average molecular weight is 596 g/mol. The molecule has 0 unspecified atom stereocenters. The lowest BCUT2D eigenvalue weighted by Crippen LogP contribution is -2.58. The molecule has 12 nitrogen and oxygen atoms in total. The fourth-order valence-electron chi connectivity index (χ4n) is 6.14. The number of aliphatic hydroxyl groups is 1. The molecule has 43 heavy (non-hydrogen) atoms. The van der Waals surface area contributed by atoms with E-state index in [0.29, 0.717) is 6.42 Å². The predicted molar refractivity (Wildman–Crippen MR) is 150 cm³/mol. The Hall–Kier alpha value is -4.13. The third-order valence-corrected chi connectivity index (χ3v) is 8.36. The number of nitriles is 1. The standard InChI is InChI=1S/C28H32F3N11O/c29-28(30,31)26-39-20(15-33-7-10-43)11-23(40-26)38-19-2-8-41(9-3-19)21-12-27(13-21,4-5-32)42-16-18(14-37-42)24-22-1-6-34-25(22)36-17-35-24/h1,6,11,14,16-17,19,21,33,43H,2-4,7-10,12-13,15H2,(H,34,35,36)(H,38,39,40)/t21-,27-. The fourth-order valence-corrected chi connectivity index (χ4v) is 6.14. The second-order valence-electron chi connectivity index (χ2n) is 11.2. The number of likely N-dealkylation sites (tertiary alicyclic amines) is 1. The van der Waals surface area contributed by atoms with Crippen LogP contribution in [0.4, 0.5) is 19.0 Å². The number of halogens is 3. The van der Waals surface area contributed by atoms with Crippen LogP contribution in [0.3, 0.4) is 0 Å². The molecule has 0 amide bonds. The molecule has 6 rings (SSSR count). The number of nitrogens with one attached hydrogen (secondary N) is 3. The largest absolute Gasteiger partial charge is 0.451 e. The maximum Gasteiger partial charge on any atom is 0.451 e. The summed E-state index contributed by atoms with van der Waals surface area (Å²) in [6, 6.07) is 6.06. The van der Waals surface area contributed by atoms with E-state index in [4.69, 9.17) is 5.11 Å². The van der Waals surface area contributed by atoms with E-state index < -0.39 is 17.5 Å². The lowest BCUT2D eigenvalue weighted by molar-refractivity contribution is -0.145. The van der Waals surface area contributed by atoms with Crippen LogP contribution in [0.1, 0.15) is 43.6 Å². The number of hydrogen-bond acceptors (Lipinski definition) is 10. The van der Waals surface area contributed by atoms with Gasteiger partial charge in [-0.2, -0.15) is 23.5 Å². The van der Waals surface area contributed by atoms with Gasteiger partial charge in [0.25, 0.3) is 0 Å². The first-order valence-corrected chi connectivity index (χ1v) is 14.3. The van der Waals surface area contributed by atoms with E-state index in [9.17, 15) is 18.4 Å². The molecule has 5 heterocycles. The van der Waals surface area contributed by atoms with E-state index >= 15 is 0 Å². The summed E-state index contributed by atoms with van der Waals surface area (Å²) in [5, 5.41) is 30.2. The number of nitrogens with zero attached hydrogens (tertiary/aromatic N) is 8. The zero-order valence-corrected chi connectivity index (χ0v) is 23.3. The Labute approximate surface area is 245 Å². The normalized spacial score (nSPS) is 21.5. The molecular weight excluding hydrogens is 563 g/mol. The minimum atomic E-state index is -4.66. The molecule has 15 heteroatoms. The Morgan fingerprint density at radius 3 is 2.74 bits per heavy atom. The van der Waals surface area contributed by atoms with Gasteiger partial charge in [-0.25, -0.2) is 19.9 Å². The number of aromatic nitrogens is 7. The summed E-state index contributed by atoms with van der Waals surface area (Å²) >= 11 is 0. The first kappa shape index (κ1) is 29.0. The van der Waals surface area contributed by atoms with Gasteiger partial charge in [0.1, 0.15) is 17.8 Å². The number of aliphatic hydroxyl groups excluding tert-OH is 1. The van der Waals surface area contributed by atoms with Crippen molar-refractivity contribution in [3.63, 3.8) is 0 Å². The second kappa shape index (κ2) is 11.9. The molecule has 2 aliphatic rings. The van der Waals surface area contributed by atoms with E-state index in [1.807, 2.05) is 23.1 Å². The Kier molecular flexibility index (Phi) is 7.99. The van der Waals surface area contributed by atoms with Crippen molar-refractivity contribution in [3.8, 4) is 17.3 Å². The van der Waals surface area contributed by atoms with Gasteiger partial charge >= 0.3 is 6.18 Å². The van der Waals surface area contributed by atoms with Crippen molar-refractivity contribution < 1.29 is 18.3 Å². The van der Waals surface area contributed by atoms with Crippen LogP contribution in [0.15, 0.2) is 37.1 Å². The number of alkyl halides is 3. The highest BCUT2D eigenvalue weighted by Gasteiger charge is 2.49. The Morgan fingerprint density at radius 2 is 2.00 bits per heavy atom. The lowest BCUT2D eigenvalue weighted by atomic mass is 9.69. The molecule has 4 aromatic heterocycles. The topological polar surface area (TPSA) is 156 Å². The monoisotopic (exact) mass is 595 g/mol. The molecule has 0 aromatic carbocycles. The zero-order chi connectivity index (χ0) is 30.0. The summed E-state index contributed by atoms with van der Waals surface area (Å²) in [7, 11) is 0. The maximum atomic E-state index is 13.4. The molecule has 226 valence electrons. The Morgan fingerprint density at radius 1 is 1.19 bits per heavy atom. The van der Waals surface area contributed by atoms with Gasteiger partial charge in [-0.15, -0.1) is 0 Å². The number of rotatable bonds is 10. The van der Waals surface area contributed by atoms with Gasteiger partial charge in [0, 0.05) is 67.7 Å². The van der Waals surface area contributed by atoms with Gasteiger partial charge < -0.3 is 25.6 Å². The Bertz CT molecular complexity index is 1600. The molecule has 4 aromatic rings. The van der Waals surface area contributed by atoms with Crippen molar-refractivity contribution in [1.82, 2.24) is 44.9 Å². The van der Waals surface area contributed by atoms with Gasteiger partial charge in [-0.3, -0.25) is 4.68 Å². The highest BCUT2D eigenvalue weighted by Crippen LogP contribution is 2.45. The number of hydrogen-bond donors (Lipinski definition) is 4. The van der Waals surface area contributed by atoms with Gasteiger partial charge in [0.05, 0.1) is 42.2 Å². The van der Waals surface area contributed by atoms with E-state index in [1.165, 1.54) is 12.4 Å². The SMILES string of the molecule is N#CC[C@]1(n2cc(-c3ncnc4[nH]ccc34)cn2)C[C@H](N2CCC(Nc3cc(CNCCO)nc(C(F)(F)F)n3)CC2)C1. The van der Waals surface area contributed by atoms with Crippen LogP contribution in [0, 0.1) is 11.3 Å². The molecule has 0 atom stereocenters.